The molecule has 0 saturated heterocycles. The molecule has 2 aromatic rings. The lowest BCUT2D eigenvalue weighted by molar-refractivity contribution is -0.114. The Bertz CT molecular complexity index is 1200. The van der Waals surface area contributed by atoms with Gasteiger partial charge in [-0.25, -0.2) is 4.39 Å². The van der Waals surface area contributed by atoms with Gasteiger partial charge in [-0.1, -0.05) is 60.8 Å². The lowest BCUT2D eigenvalue weighted by Gasteiger charge is -2.28. The summed E-state index contributed by atoms with van der Waals surface area (Å²) in [7, 11) is 0. The number of halogens is 3. The number of aliphatic imine (C=N–C) groups is 1. The number of nitroso groups, excluding NO2 is 1. The molecule has 35 heavy (non-hydrogen) atoms. The van der Waals surface area contributed by atoms with Crippen molar-refractivity contribution in [1.29, 1.82) is 0 Å². The summed E-state index contributed by atoms with van der Waals surface area (Å²) < 4.78 is 14.9. The zero-order valence-electron chi connectivity index (χ0n) is 20.3. The fourth-order valence-electron chi connectivity index (χ4n) is 3.55. The van der Waals surface area contributed by atoms with Crippen LogP contribution in [0.3, 0.4) is 0 Å². The van der Waals surface area contributed by atoms with E-state index in [0.717, 1.165) is 11.1 Å². The SMILES string of the molecule is CC(C)=CCN=C(C(=C(N)C(=O)N=O)C(Nc1cccc(Cl)c1F)c1ccc(Cl)cc1C)C(C)C. The van der Waals surface area contributed by atoms with E-state index >= 15 is 0 Å². The number of nitrogens with two attached hydrogens (primary N) is 1. The minimum atomic E-state index is -1.14. The summed E-state index contributed by atoms with van der Waals surface area (Å²) in [5.74, 6) is -2.01. The molecule has 0 saturated carbocycles. The van der Waals surface area contributed by atoms with Crippen molar-refractivity contribution in [2.75, 3.05) is 11.9 Å². The predicted octanol–water partition coefficient (Wildman–Crippen LogP) is 7.16. The van der Waals surface area contributed by atoms with Gasteiger partial charge in [0.15, 0.2) is 5.82 Å². The van der Waals surface area contributed by atoms with E-state index in [1.807, 2.05) is 40.7 Å². The predicted molar refractivity (Wildman–Crippen MR) is 143 cm³/mol. The van der Waals surface area contributed by atoms with Crippen LogP contribution in [-0.2, 0) is 4.79 Å². The number of carbonyl (C=O) groups excluding carboxylic acids is 1. The molecule has 0 aromatic heterocycles. The second kappa shape index (κ2) is 12.6. The van der Waals surface area contributed by atoms with Crippen LogP contribution in [0.25, 0.3) is 0 Å². The summed E-state index contributed by atoms with van der Waals surface area (Å²) in [6.07, 6.45) is 1.92. The molecule has 0 aliphatic carbocycles. The molecule has 0 heterocycles. The third kappa shape index (κ3) is 7.23. The summed E-state index contributed by atoms with van der Waals surface area (Å²) in [6, 6.07) is 8.82. The van der Waals surface area contributed by atoms with Crippen LogP contribution in [0.2, 0.25) is 10.0 Å². The number of benzene rings is 2. The molecule has 3 N–H and O–H groups in total. The standard InChI is InChI=1S/C26H29Cl2FN4O2/c1-14(2)11-12-31-24(15(3)4)21(23(30)26(34)33-35)25(18-10-9-17(27)13-16(18)5)32-20-8-6-7-19(28)22(20)29/h6-11,13,15,25,32H,12,30H2,1-5H3. The second-order valence-electron chi connectivity index (χ2n) is 8.57. The number of anilines is 1. The van der Waals surface area contributed by atoms with Crippen LogP contribution in [0.4, 0.5) is 10.1 Å². The first-order valence-corrected chi connectivity index (χ1v) is 11.8. The number of rotatable bonds is 9. The molecule has 1 amide bonds. The van der Waals surface area contributed by atoms with Crippen molar-refractivity contribution in [3.05, 3.63) is 91.2 Å². The van der Waals surface area contributed by atoms with Crippen LogP contribution in [-0.4, -0.2) is 18.2 Å². The largest absolute Gasteiger partial charge is 0.394 e. The maximum Gasteiger partial charge on any atom is 0.332 e. The molecule has 0 aliphatic rings. The second-order valence-corrected chi connectivity index (χ2v) is 9.41. The Hall–Kier alpha value is -3.03. The van der Waals surface area contributed by atoms with E-state index in [1.165, 1.54) is 12.1 Å². The zero-order chi connectivity index (χ0) is 26.3. The van der Waals surface area contributed by atoms with Crippen molar-refractivity contribution < 1.29 is 9.18 Å². The molecule has 0 fully saturated rings. The Morgan fingerprint density at radius 3 is 2.46 bits per heavy atom. The van der Waals surface area contributed by atoms with Crippen molar-refractivity contribution in [2.45, 2.75) is 40.7 Å². The fourth-order valence-corrected chi connectivity index (χ4v) is 3.95. The van der Waals surface area contributed by atoms with Crippen LogP contribution in [0.15, 0.2) is 69.5 Å². The van der Waals surface area contributed by atoms with Gasteiger partial charge in [0.2, 0.25) is 0 Å². The number of carbonyl (C=O) groups is 1. The van der Waals surface area contributed by atoms with Crippen LogP contribution >= 0.6 is 23.2 Å². The molecule has 186 valence electrons. The number of nitrogens with one attached hydrogen (secondary N) is 1. The van der Waals surface area contributed by atoms with Gasteiger partial charge in [0.05, 0.1) is 23.3 Å². The van der Waals surface area contributed by atoms with Gasteiger partial charge in [0.1, 0.15) is 5.70 Å². The van der Waals surface area contributed by atoms with E-state index in [4.69, 9.17) is 33.9 Å². The maximum absolute atomic E-state index is 14.9. The number of hydrogen-bond donors (Lipinski definition) is 2. The Morgan fingerprint density at radius 2 is 1.89 bits per heavy atom. The molecule has 1 atom stereocenters. The number of nitrogens with zero attached hydrogens (tertiary/aromatic N) is 2. The van der Waals surface area contributed by atoms with Crippen LogP contribution < -0.4 is 11.1 Å². The smallest absolute Gasteiger partial charge is 0.332 e. The molecular formula is C26H29Cl2FN4O2. The summed E-state index contributed by atoms with van der Waals surface area (Å²) in [4.78, 5) is 28.3. The lowest BCUT2D eigenvalue weighted by Crippen LogP contribution is -2.29. The number of amides is 1. The van der Waals surface area contributed by atoms with Crippen molar-refractivity contribution in [3.63, 3.8) is 0 Å². The number of hydrogen-bond acceptors (Lipinski definition) is 5. The fraction of sp³-hybridized carbons (Fsp3) is 0.308. The first kappa shape index (κ1) is 28.2. The highest BCUT2D eigenvalue weighted by Crippen LogP contribution is 2.35. The first-order valence-electron chi connectivity index (χ1n) is 11.0. The quantitative estimate of drug-likeness (QED) is 0.159. The van der Waals surface area contributed by atoms with Crippen molar-refractivity contribution >= 4 is 40.5 Å². The van der Waals surface area contributed by atoms with Crippen molar-refractivity contribution in [2.24, 2.45) is 21.8 Å². The highest BCUT2D eigenvalue weighted by atomic mass is 35.5. The van der Waals surface area contributed by atoms with E-state index in [1.54, 1.807) is 24.3 Å². The molecule has 9 heteroatoms. The van der Waals surface area contributed by atoms with Crippen molar-refractivity contribution in [1.82, 2.24) is 0 Å². The third-order valence-electron chi connectivity index (χ3n) is 5.27. The lowest BCUT2D eigenvalue weighted by atomic mass is 9.86. The van der Waals surface area contributed by atoms with E-state index in [9.17, 15) is 14.1 Å². The van der Waals surface area contributed by atoms with E-state index in [-0.39, 0.29) is 27.9 Å². The Labute approximate surface area is 215 Å². The summed E-state index contributed by atoms with van der Waals surface area (Å²) in [6.45, 7) is 9.82. The Kier molecular flexibility index (Phi) is 10.2. The van der Waals surface area contributed by atoms with Gasteiger partial charge in [-0.2, -0.15) is 0 Å². The monoisotopic (exact) mass is 518 g/mol. The molecule has 0 radical (unpaired) electrons. The average molecular weight is 519 g/mol. The van der Waals surface area contributed by atoms with Gasteiger partial charge in [-0.05, 0) is 62.1 Å². The maximum atomic E-state index is 14.9. The highest BCUT2D eigenvalue weighted by molar-refractivity contribution is 6.31. The minimum Gasteiger partial charge on any atom is -0.394 e. The Morgan fingerprint density at radius 1 is 1.20 bits per heavy atom. The molecule has 6 nitrogen and oxygen atoms in total. The summed E-state index contributed by atoms with van der Waals surface area (Å²) in [5.41, 5.74) is 9.12. The van der Waals surface area contributed by atoms with Crippen LogP contribution in [0, 0.1) is 23.6 Å². The molecule has 2 rings (SSSR count). The molecule has 1 unspecified atom stereocenters. The minimum absolute atomic E-state index is 0.0768. The van der Waals surface area contributed by atoms with Gasteiger partial charge in [-0.3, -0.25) is 9.79 Å². The number of allylic oxidation sites excluding steroid dienone is 1. The highest BCUT2D eigenvalue weighted by Gasteiger charge is 2.30. The van der Waals surface area contributed by atoms with Crippen molar-refractivity contribution in [3.8, 4) is 0 Å². The van der Waals surface area contributed by atoms with Gasteiger partial charge in [0, 0.05) is 21.5 Å². The summed E-state index contributed by atoms with van der Waals surface area (Å²) >= 11 is 12.2. The Balaban J connectivity index is 2.89. The van der Waals surface area contributed by atoms with Crippen LogP contribution in [0.1, 0.15) is 44.9 Å². The van der Waals surface area contributed by atoms with Gasteiger partial charge in [0.25, 0.3) is 0 Å². The normalized spacial score (nSPS) is 13.2. The van der Waals surface area contributed by atoms with E-state index in [0.29, 0.717) is 22.8 Å². The zero-order valence-corrected chi connectivity index (χ0v) is 21.8. The molecule has 2 aromatic carbocycles. The van der Waals surface area contributed by atoms with E-state index in [2.05, 4.69) is 10.5 Å². The third-order valence-corrected chi connectivity index (χ3v) is 5.80. The molecule has 0 aliphatic heterocycles. The van der Waals surface area contributed by atoms with Gasteiger partial charge >= 0.3 is 5.91 Å². The van der Waals surface area contributed by atoms with Gasteiger partial charge < -0.3 is 11.1 Å². The molecule has 0 spiro atoms. The molecule has 0 bridgehead atoms. The summed E-state index contributed by atoms with van der Waals surface area (Å²) in [5, 5.41) is 6.08. The van der Waals surface area contributed by atoms with Gasteiger partial charge in [-0.15, -0.1) is 4.91 Å². The topological polar surface area (TPSA) is 96.9 Å². The molecular weight excluding hydrogens is 490 g/mol. The number of aryl methyl sites for hydroxylation is 1. The average Bonchev–Trinajstić information content (AvgIpc) is 2.79. The van der Waals surface area contributed by atoms with E-state index < -0.39 is 17.8 Å². The first-order chi connectivity index (χ1) is 16.5. The van der Waals surface area contributed by atoms with Crippen LogP contribution in [0.5, 0.6) is 0 Å².